The molecule has 0 atom stereocenters. The molecular weight excluding hydrogens is 394 g/mol. The van der Waals surface area contributed by atoms with E-state index in [1.165, 1.54) is 23.3 Å². The number of aryl methyl sites for hydroxylation is 1. The number of hydrogen-bond donors (Lipinski definition) is 1. The Kier molecular flexibility index (Phi) is 6.78. The Labute approximate surface area is 171 Å². The van der Waals surface area contributed by atoms with E-state index in [1.807, 2.05) is 31.2 Å². The third-order valence-electron chi connectivity index (χ3n) is 3.69. The summed E-state index contributed by atoms with van der Waals surface area (Å²) in [6.45, 7) is 4.10. The molecule has 1 N–H and O–H groups in total. The maximum Gasteiger partial charge on any atom is 0.338 e. The van der Waals surface area contributed by atoms with Gasteiger partial charge in [-0.05, 0) is 55.7 Å². The molecule has 0 aliphatic heterocycles. The summed E-state index contributed by atoms with van der Waals surface area (Å²) in [6.07, 6.45) is 0. The molecule has 0 saturated heterocycles. The first kappa shape index (κ1) is 20.0. The molecule has 1 heterocycles. The summed E-state index contributed by atoms with van der Waals surface area (Å²) < 4.78 is 10.0. The number of rotatable bonds is 7. The lowest BCUT2D eigenvalue weighted by Gasteiger charge is -2.06. The zero-order valence-corrected chi connectivity index (χ0v) is 17.1. The van der Waals surface area contributed by atoms with Gasteiger partial charge in [0.25, 0.3) is 0 Å². The first-order chi connectivity index (χ1) is 13.5. The van der Waals surface area contributed by atoms with E-state index in [-0.39, 0.29) is 17.6 Å². The predicted octanol–water partition coefficient (Wildman–Crippen LogP) is 4.42. The van der Waals surface area contributed by atoms with Gasteiger partial charge in [0.1, 0.15) is 0 Å². The largest absolute Gasteiger partial charge is 0.462 e. The van der Waals surface area contributed by atoms with E-state index in [0.29, 0.717) is 23.7 Å². The van der Waals surface area contributed by atoms with Crippen molar-refractivity contribution in [2.24, 2.45) is 0 Å². The van der Waals surface area contributed by atoms with Crippen LogP contribution in [0.15, 0.2) is 52.9 Å². The Morgan fingerprint density at radius 3 is 2.68 bits per heavy atom. The topological polar surface area (TPSA) is 81.2 Å². The van der Waals surface area contributed by atoms with Crippen LogP contribution in [0.1, 0.15) is 22.8 Å². The number of nitrogens with zero attached hydrogens (tertiary/aromatic N) is 2. The highest BCUT2D eigenvalue weighted by molar-refractivity contribution is 8.01. The first-order valence-electron chi connectivity index (χ1n) is 8.65. The van der Waals surface area contributed by atoms with Gasteiger partial charge in [-0.15, -0.1) is 0 Å². The zero-order valence-electron chi connectivity index (χ0n) is 15.5. The number of benzene rings is 2. The van der Waals surface area contributed by atoms with E-state index in [2.05, 4.69) is 14.7 Å². The number of esters is 1. The van der Waals surface area contributed by atoms with Crippen molar-refractivity contribution in [2.45, 2.75) is 18.2 Å². The minimum Gasteiger partial charge on any atom is -0.462 e. The molecule has 0 aliphatic rings. The van der Waals surface area contributed by atoms with Crippen LogP contribution in [0.5, 0.6) is 0 Å². The Hall–Kier alpha value is -2.71. The molecule has 1 amide bonds. The van der Waals surface area contributed by atoms with E-state index in [1.54, 1.807) is 31.2 Å². The lowest BCUT2D eigenvalue weighted by Crippen LogP contribution is -2.14. The average Bonchev–Trinajstić information content (AvgIpc) is 3.16. The second-order valence-corrected chi connectivity index (χ2v) is 7.86. The van der Waals surface area contributed by atoms with Crippen molar-refractivity contribution in [2.75, 3.05) is 17.7 Å². The van der Waals surface area contributed by atoms with Gasteiger partial charge in [0.15, 0.2) is 10.2 Å². The number of amides is 1. The summed E-state index contributed by atoms with van der Waals surface area (Å²) in [4.78, 5) is 28.3. The summed E-state index contributed by atoms with van der Waals surface area (Å²) in [5.74, 6) is 0.367. The number of hydrogen-bond acceptors (Lipinski definition) is 7. The van der Waals surface area contributed by atoms with Crippen LogP contribution in [-0.4, -0.2) is 33.6 Å². The third-order valence-corrected chi connectivity index (χ3v) is 5.52. The lowest BCUT2D eigenvalue weighted by atomic mass is 10.1. The zero-order chi connectivity index (χ0) is 19.9. The van der Waals surface area contributed by atoms with Crippen LogP contribution in [0.4, 0.5) is 5.69 Å². The second kappa shape index (κ2) is 9.48. The van der Waals surface area contributed by atoms with E-state index >= 15 is 0 Å². The molecular formula is C20H19N3O3S2. The van der Waals surface area contributed by atoms with Crippen molar-refractivity contribution < 1.29 is 14.3 Å². The molecule has 144 valence electrons. The molecule has 3 aromatic rings. The van der Waals surface area contributed by atoms with Gasteiger partial charge in [-0.2, -0.15) is 4.37 Å². The van der Waals surface area contributed by atoms with Crippen molar-refractivity contribution in [1.82, 2.24) is 9.36 Å². The lowest BCUT2D eigenvalue weighted by molar-refractivity contribution is -0.113. The number of carbonyl (C=O) groups excluding carboxylic acids is 2. The second-order valence-electron chi connectivity index (χ2n) is 5.89. The van der Waals surface area contributed by atoms with Gasteiger partial charge in [0, 0.05) is 11.3 Å². The Bertz CT molecular complexity index is 971. The number of thioether (sulfide) groups is 1. The quantitative estimate of drug-likeness (QED) is 0.456. The van der Waals surface area contributed by atoms with Gasteiger partial charge in [-0.1, -0.05) is 35.5 Å². The fourth-order valence-corrected chi connectivity index (χ4v) is 3.81. The first-order valence-corrected chi connectivity index (χ1v) is 10.4. The summed E-state index contributed by atoms with van der Waals surface area (Å²) in [5.41, 5.74) is 3.19. The highest BCUT2D eigenvalue weighted by atomic mass is 32.2. The van der Waals surface area contributed by atoms with Gasteiger partial charge in [-0.3, -0.25) is 4.79 Å². The molecule has 0 spiro atoms. The van der Waals surface area contributed by atoms with Gasteiger partial charge >= 0.3 is 5.97 Å². The van der Waals surface area contributed by atoms with Crippen LogP contribution < -0.4 is 5.32 Å². The number of aromatic nitrogens is 2. The van der Waals surface area contributed by atoms with Crippen molar-refractivity contribution in [3.05, 3.63) is 59.7 Å². The van der Waals surface area contributed by atoms with Crippen LogP contribution in [0.2, 0.25) is 0 Å². The molecule has 0 fully saturated rings. The number of carbonyl (C=O) groups is 2. The van der Waals surface area contributed by atoms with E-state index in [0.717, 1.165) is 15.5 Å². The van der Waals surface area contributed by atoms with Gasteiger partial charge in [0.2, 0.25) is 5.91 Å². The Morgan fingerprint density at radius 2 is 1.96 bits per heavy atom. The summed E-state index contributed by atoms with van der Waals surface area (Å²) in [6, 6.07) is 14.6. The molecule has 6 nitrogen and oxygen atoms in total. The number of nitrogens with one attached hydrogen (secondary N) is 1. The molecule has 2 aromatic carbocycles. The molecule has 3 rings (SSSR count). The molecule has 28 heavy (non-hydrogen) atoms. The highest BCUT2D eigenvalue weighted by Crippen LogP contribution is 2.25. The van der Waals surface area contributed by atoms with Crippen LogP contribution in [-0.2, 0) is 9.53 Å². The van der Waals surface area contributed by atoms with Crippen LogP contribution in [0.3, 0.4) is 0 Å². The number of anilines is 1. The SMILES string of the molecule is CCOC(=O)c1ccc(NC(=O)CSc2nc(-c3cccc(C)c3)ns2)cc1. The van der Waals surface area contributed by atoms with Gasteiger partial charge < -0.3 is 10.1 Å². The normalized spacial score (nSPS) is 10.5. The number of ether oxygens (including phenoxy) is 1. The van der Waals surface area contributed by atoms with Crippen molar-refractivity contribution in [3.63, 3.8) is 0 Å². The smallest absolute Gasteiger partial charge is 0.338 e. The molecule has 0 unspecified atom stereocenters. The molecule has 8 heteroatoms. The standard InChI is InChI=1S/C20H19N3O3S2/c1-3-26-19(25)14-7-9-16(10-8-14)21-17(24)12-27-20-22-18(23-28-20)15-6-4-5-13(2)11-15/h4-11H,3,12H2,1-2H3,(H,21,24). The average molecular weight is 414 g/mol. The Balaban J connectivity index is 1.53. The van der Waals surface area contributed by atoms with Gasteiger partial charge in [-0.25, -0.2) is 9.78 Å². The maximum atomic E-state index is 12.2. The summed E-state index contributed by atoms with van der Waals surface area (Å²) in [5, 5.41) is 2.80. The minimum atomic E-state index is -0.378. The predicted molar refractivity (Wildman–Crippen MR) is 112 cm³/mol. The molecule has 0 aliphatic carbocycles. The Morgan fingerprint density at radius 1 is 1.18 bits per heavy atom. The van der Waals surface area contributed by atoms with Gasteiger partial charge in [0.05, 0.1) is 17.9 Å². The maximum absolute atomic E-state index is 12.2. The molecule has 0 bridgehead atoms. The summed E-state index contributed by atoms with van der Waals surface area (Å²) in [7, 11) is 0. The molecule has 1 aromatic heterocycles. The van der Waals surface area contributed by atoms with Crippen molar-refractivity contribution in [3.8, 4) is 11.4 Å². The highest BCUT2D eigenvalue weighted by Gasteiger charge is 2.11. The van der Waals surface area contributed by atoms with Crippen LogP contribution in [0, 0.1) is 6.92 Å². The van der Waals surface area contributed by atoms with Crippen molar-refractivity contribution in [1.29, 1.82) is 0 Å². The summed E-state index contributed by atoms with van der Waals surface area (Å²) >= 11 is 2.62. The van der Waals surface area contributed by atoms with Crippen LogP contribution in [0.25, 0.3) is 11.4 Å². The minimum absolute atomic E-state index is 0.152. The van der Waals surface area contributed by atoms with E-state index in [9.17, 15) is 9.59 Å². The van der Waals surface area contributed by atoms with Crippen LogP contribution >= 0.6 is 23.3 Å². The molecule has 0 saturated carbocycles. The fourth-order valence-electron chi connectivity index (χ4n) is 2.40. The fraction of sp³-hybridized carbons (Fsp3) is 0.200. The van der Waals surface area contributed by atoms with E-state index in [4.69, 9.17) is 4.74 Å². The third kappa shape index (κ3) is 5.40. The van der Waals surface area contributed by atoms with Crippen molar-refractivity contribution >= 4 is 40.9 Å². The van der Waals surface area contributed by atoms with E-state index < -0.39 is 0 Å². The molecule has 0 radical (unpaired) electrons. The monoisotopic (exact) mass is 413 g/mol.